The molecule has 4 aromatic heterocycles. The van der Waals surface area contributed by atoms with Crippen molar-refractivity contribution in [3.8, 4) is 11.5 Å². The van der Waals surface area contributed by atoms with E-state index in [9.17, 15) is 4.79 Å². The molecule has 0 unspecified atom stereocenters. The van der Waals surface area contributed by atoms with Crippen molar-refractivity contribution in [1.29, 1.82) is 0 Å². The molecule has 4 rings (SSSR count). The quantitative estimate of drug-likeness (QED) is 0.525. The SMILES string of the molecule is O=C(CSc1nnc2ccc(-c3ccco3)nn12)NCc1cccs1. The van der Waals surface area contributed by atoms with E-state index in [0.29, 0.717) is 28.8 Å². The normalized spacial score (nSPS) is 11.0. The van der Waals surface area contributed by atoms with Crippen LogP contribution in [0.2, 0.25) is 0 Å². The molecule has 0 bridgehead atoms. The summed E-state index contributed by atoms with van der Waals surface area (Å²) in [6.45, 7) is 0.540. The van der Waals surface area contributed by atoms with Gasteiger partial charge in [0.15, 0.2) is 11.4 Å². The summed E-state index contributed by atoms with van der Waals surface area (Å²) in [6, 6.07) is 11.2. The van der Waals surface area contributed by atoms with E-state index in [1.165, 1.54) is 11.8 Å². The lowest BCUT2D eigenvalue weighted by atomic mass is 10.3. The average molecular weight is 371 g/mol. The molecule has 25 heavy (non-hydrogen) atoms. The first-order chi connectivity index (χ1) is 12.3. The number of carbonyl (C=O) groups excluding carboxylic acids is 1. The highest BCUT2D eigenvalue weighted by Gasteiger charge is 2.12. The Morgan fingerprint density at radius 1 is 1.24 bits per heavy atom. The van der Waals surface area contributed by atoms with Crippen molar-refractivity contribution >= 4 is 34.7 Å². The van der Waals surface area contributed by atoms with Crippen LogP contribution in [0.3, 0.4) is 0 Å². The fraction of sp³-hybridized carbons (Fsp3) is 0.125. The van der Waals surface area contributed by atoms with Crippen LogP contribution in [0.1, 0.15) is 4.88 Å². The van der Waals surface area contributed by atoms with Crippen LogP contribution in [-0.4, -0.2) is 31.5 Å². The van der Waals surface area contributed by atoms with Crippen LogP contribution in [-0.2, 0) is 11.3 Å². The van der Waals surface area contributed by atoms with Gasteiger partial charge in [0.1, 0.15) is 5.69 Å². The van der Waals surface area contributed by atoms with Gasteiger partial charge >= 0.3 is 0 Å². The van der Waals surface area contributed by atoms with E-state index in [1.54, 1.807) is 28.2 Å². The van der Waals surface area contributed by atoms with E-state index in [2.05, 4.69) is 20.6 Å². The molecule has 0 spiro atoms. The minimum Gasteiger partial charge on any atom is -0.463 e. The highest BCUT2D eigenvalue weighted by molar-refractivity contribution is 7.99. The number of fused-ring (bicyclic) bond motifs is 1. The molecule has 0 fully saturated rings. The van der Waals surface area contributed by atoms with Crippen LogP contribution in [0.4, 0.5) is 0 Å². The van der Waals surface area contributed by atoms with Gasteiger partial charge in [0, 0.05) is 4.88 Å². The predicted molar refractivity (Wildman–Crippen MR) is 95.4 cm³/mol. The van der Waals surface area contributed by atoms with Gasteiger partial charge in [0.05, 0.1) is 18.6 Å². The Bertz CT molecular complexity index is 979. The summed E-state index contributed by atoms with van der Waals surface area (Å²) < 4.78 is 6.98. The Labute approximate surface area is 151 Å². The van der Waals surface area contributed by atoms with E-state index in [1.807, 2.05) is 35.7 Å². The Morgan fingerprint density at radius 3 is 3.00 bits per heavy atom. The van der Waals surface area contributed by atoms with Gasteiger partial charge < -0.3 is 9.73 Å². The number of rotatable bonds is 6. The summed E-state index contributed by atoms with van der Waals surface area (Å²) in [5.41, 5.74) is 1.30. The minimum atomic E-state index is -0.0580. The number of nitrogens with one attached hydrogen (secondary N) is 1. The van der Waals surface area contributed by atoms with Crippen molar-refractivity contribution in [2.45, 2.75) is 11.7 Å². The van der Waals surface area contributed by atoms with E-state index in [4.69, 9.17) is 4.42 Å². The van der Waals surface area contributed by atoms with Gasteiger partial charge in [-0.3, -0.25) is 4.79 Å². The second-order valence-electron chi connectivity index (χ2n) is 5.09. The smallest absolute Gasteiger partial charge is 0.230 e. The zero-order chi connectivity index (χ0) is 17.1. The fourth-order valence-corrected chi connectivity index (χ4v) is 3.56. The number of aromatic nitrogens is 4. The first-order valence-corrected chi connectivity index (χ1v) is 9.34. The average Bonchev–Trinajstić information content (AvgIpc) is 3.39. The molecule has 4 aromatic rings. The number of amides is 1. The number of thiophene rings is 1. The zero-order valence-electron chi connectivity index (χ0n) is 13.0. The van der Waals surface area contributed by atoms with Gasteiger partial charge in [-0.25, -0.2) is 0 Å². The van der Waals surface area contributed by atoms with Crippen LogP contribution in [0.15, 0.2) is 57.6 Å². The molecule has 1 N–H and O–H groups in total. The number of hydrogen-bond donors (Lipinski definition) is 1. The summed E-state index contributed by atoms with van der Waals surface area (Å²) in [7, 11) is 0. The first-order valence-electron chi connectivity index (χ1n) is 7.48. The Balaban J connectivity index is 1.44. The molecule has 9 heteroatoms. The predicted octanol–water partition coefficient (Wildman–Crippen LogP) is 2.85. The van der Waals surface area contributed by atoms with E-state index in [-0.39, 0.29) is 11.7 Å². The Morgan fingerprint density at radius 2 is 2.20 bits per heavy atom. The summed E-state index contributed by atoms with van der Waals surface area (Å²) in [5, 5.41) is 18.1. The molecule has 0 saturated carbocycles. The molecule has 0 radical (unpaired) electrons. The van der Waals surface area contributed by atoms with Crippen LogP contribution in [0.5, 0.6) is 0 Å². The Hall–Kier alpha value is -2.65. The molecule has 0 aliphatic rings. The standard InChI is InChI=1S/C16H13N5O2S2/c22-15(17-9-11-3-2-8-24-11)10-25-16-19-18-14-6-5-12(20-21(14)16)13-4-1-7-23-13/h1-8H,9-10H2,(H,17,22). The van der Waals surface area contributed by atoms with Crippen molar-refractivity contribution in [3.63, 3.8) is 0 Å². The van der Waals surface area contributed by atoms with Crippen LogP contribution in [0.25, 0.3) is 17.1 Å². The fourth-order valence-electron chi connectivity index (χ4n) is 2.19. The molecule has 0 aromatic carbocycles. The highest BCUT2D eigenvalue weighted by atomic mass is 32.2. The molecule has 0 aliphatic heterocycles. The number of hydrogen-bond acceptors (Lipinski definition) is 7. The lowest BCUT2D eigenvalue weighted by Gasteiger charge is -2.03. The van der Waals surface area contributed by atoms with Crippen LogP contribution in [0, 0.1) is 0 Å². The van der Waals surface area contributed by atoms with Crippen LogP contribution >= 0.6 is 23.1 Å². The third-order valence-corrected chi connectivity index (χ3v) is 5.18. The minimum absolute atomic E-state index is 0.0580. The molecular weight excluding hydrogens is 358 g/mol. The number of nitrogens with zero attached hydrogens (tertiary/aromatic N) is 4. The van der Waals surface area contributed by atoms with Gasteiger partial charge in [0.25, 0.3) is 0 Å². The monoisotopic (exact) mass is 371 g/mol. The molecule has 1 amide bonds. The van der Waals surface area contributed by atoms with Crippen molar-refractivity contribution in [1.82, 2.24) is 25.1 Å². The summed E-state index contributed by atoms with van der Waals surface area (Å²) in [5.74, 6) is 0.858. The first kappa shape index (κ1) is 15.9. The van der Waals surface area contributed by atoms with Crippen molar-refractivity contribution < 1.29 is 9.21 Å². The maximum atomic E-state index is 12.0. The maximum absolute atomic E-state index is 12.0. The highest BCUT2D eigenvalue weighted by Crippen LogP contribution is 2.20. The molecule has 7 nitrogen and oxygen atoms in total. The second-order valence-corrected chi connectivity index (χ2v) is 7.07. The molecule has 0 atom stereocenters. The second kappa shape index (κ2) is 7.08. The maximum Gasteiger partial charge on any atom is 0.230 e. The lowest BCUT2D eigenvalue weighted by Crippen LogP contribution is -2.24. The number of furan rings is 1. The molecule has 4 heterocycles. The number of carbonyl (C=O) groups is 1. The van der Waals surface area contributed by atoms with Crippen molar-refractivity contribution in [2.75, 3.05) is 5.75 Å². The number of thioether (sulfide) groups is 1. The van der Waals surface area contributed by atoms with E-state index in [0.717, 1.165) is 4.88 Å². The van der Waals surface area contributed by atoms with Gasteiger partial charge in [-0.1, -0.05) is 17.8 Å². The van der Waals surface area contributed by atoms with Crippen LogP contribution < -0.4 is 5.32 Å². The largest absolute Gasteiger partial charge is 0.463 e. The van der Waals surface area contributed by atoms with Crippen molar-refractivity contribution in [2.24, 2.45) is 0 Å². The zero-order valence-corrected chi connectivity index (χ0v) is 14.6. The summed E-state index contributed by atoms with van der Waals surface area (Å²) in [6.07, 6.45) is 1.60. The Kier molecular flexibility index (Phi) is 4.49. The molecule has 126 valence electrons. The lowest BCUT2D eigenvalue weighted by molar-refractivity contribution is -0.118. The van der Waals surface area contributed by atoms with Gasteiger partial charge in [0.2, 0.25) is 11.1 Å². The topological polar surface area (TPSA) is 85.3 Å². The third kappa shape index (κ3) is 3.57. The summed E-state index contributed by atoms with van der Waals surface area (Å²) >= 11 is 2.91. The molecule has 0 saturated heterocycles. The van der Waals surface area contributed by atoms with Gasteiger partial charge in [-0.15, -0.1) is 21.5 Å². The third-order valence-electron chi connectivity index (χ3n) is 3.38. The van der Waals surface area contributed by atoms with E-state index < -0.39 is 0 Å². The molecular formula is C16H13N5O2S2. The van der Waals surface area contributed by atoms with Gasteiger partial charge in [-0.2, -0.15) is 9.61 Å². The van der Waals surface area contributed by atoms with E-state index >= 15 is 0 Å². The summed E-state index contributed by atoms with van der Waals surface area (Å²) in [4.78, 5) is 13.1. The molecule has 0 aliphatic carbocycles. The van der Waals surface area contributed by atoms with Gasteiger partial charge in [-0.05, 0) is 35.7 Å². The van der Waals surface area contributed by atoms with Crippen molar-refractivity contribution in [3.05, 3.63) is 52.9 Å².